The first-order valence-corrected chi connectivity index (χ1v) is 8.76. The highest BCUT2D eigenvalue weighted by Crippen LogP contribution is 2.34. The van der Waals surface area contributed by atoms with Gasteiger partial charge in [-0.05, 0) is 52.0 Å². The summed E-state index contributed by atoms with van der Waals surface area (Å²) in [6, 6.07) is 2.49. The maximum absolute atomic E-state index is 5.25. The highest BCUT2D eigenvalue weighted by atomic mass is 32.1. The summed E-state index contributed by atoms with van der Waals surface area (Å²) in [5, 5.41) is 5.51. The van der Waals surface area contributed by atoms with Crippen LogP contribution >= 0.6 is 11.3 Å². The van der Waals surface area contributed by atoms with E-state index in [1.54, 1.807) is 0 Å². The third-order valence-electron chi connectivity index (χ3n) is 4.58. The molecule has 0 amide bonds. The second kappa shape index (κ2) is 5.54. The molecule has 1 atom stereocenters. The van der Waals surface area contributed by atoms with E-state index >= 15 is 0 Å². The van der Waals surface area contributed by atoms with Crippen LogP contribution in [0.2, 0.25) is 0 Å². The molecule has 2 aromatic rings. The van der Waals surface area contributed by atoms with Crippen molar-refractivity contribution in [1.29, 1.82) is 0 Å². The lowest BCUT2D eigenvalue weighted by atomic mass is 10.0. The van der Waals surface area contributed by atoms with E-state index in [4.69, 9.17) is 9.51 Å². The van der Waals surface area contributed by atoms with Crippen LogP contribution in [0.5, 0.6) is 0 Å². The molecule has 0 spiro atoms. The van der Waals surface area contributed by atoms with E-state index in [0.29, 0.717) is 6.04 Å². The van der Waals surface area contributed by atoms with Crippen molar-refractivity contribution in [2.24, 2.45) is 0 Å². The molecule has 4 nitrogen and oxygen atoms in total. The Morgan fingerprint density at radius 1 is 1.33 bits per heavy atom. The Bertz CT molecular complexity index is 610. The minimum Gasteiger partial charge on any atom is -0.361 e. The lowest BCUT2D eigenvalue weighted by Gasteiger charge is -2.21. The average Bonchev–Trinajstić information content (AvgIpc) is 3.17. The SMILES string of the molecule is Cc1cc([C@H]2CCCN2Cc2nc3c(s2)CCCC3)no1. The van der Waals surface area contributed by atoms with Crippen molar-refractivity contribution in [2.75, 3.05) is 6.54 Å². The van der Waals surface area contributed by atoms with Gasteiger partial charge in [-0.1, -0.05) is 5.16 Å². The van der Waals surface area contributed by atoms with Gasteiger partial charge in [-0.3, -0.25) is 4.90 Å². The number of aryl methyl sites for hydroxylation is 3. The van der Waals surface area contributed by atoms with Crippen molar-refractivity contribution < 1.29 is 4.52 Å². The molecule has 5 heteroatoms. The minimum atomic E-state index is 0.406. The Morgan fingerprint density at radius 2 is 2.24 bits per heavy atom. The number of aromatic nitrogens is 2. The summed E-state index contributed by atoms with van der Waals surface area (Å²) in [5.74, 6) is 0.904. The fourth-order valence-corrected chi connectivity index (χ4v) is 4.72. The first-order valence-electron chi connectivity index (χ1n) is 7.94. The van der Waals surface area contributed by atoms with Gasteiger partial charge in [0.05, 0.1) is 18.3 Å². The van der Waals surface area contributed by atoms with Crippen LogP contribution in [-0.2, 0) is 19.4 Å². The van der Waals surface area contributed by atoms with E-state index in [1.807, 2.05) is 18.3 Å². The molecule has 21 heavy (non-hydrogen) atoms. The quantitative estimate of drug-likeness (QED) is 0.868. The summed E-state index contributed by atoms with van der Waals surface area (Å²) in [4.78, 5) is 8.93. The number of nitrogens with zero attached hydrogens (tertiary/aromatic N) is 3. The van der Waals surface area contributed by atoms with Crippen LogP contribution in [0.15, 0.2) is 10.6 Å². The Labute approximate surface area is 129 Å². The monoisotopic (exact) mass is 303 g/mol. The molecule has 0 saturated carbocycles. The summed E-state index contributed by atoms with van der Waals surface area (Å²) in [7, 11) is 0. The van der Waals surface area contributed by atoms with Crippen molar-refractivity contribution in [3.63, 3.8) is 0 Å². The molecule has 0 aromatic carbocycles. The van der Waals surface area contributed by atoms with E-state index in [9.17, 15) is 0 Å². The molecule has 2 aromatic heterocycles. The third kappa shape index (κ3) is 2.64. The zero-order valence-electron chi connectivity index (χ0n) is 12.5. The fourth-order valence-electron chi connectivity index (χ4n) is 3.54. The maximum atomic E-state index is 5.25. The van der Waals surface area contributed by atoms with Gasteiger partial charge in [-0.25, -0.2) is 4.98 Å². The Hall–Kier alpha value is -1.20. The van der Waals surface area contributed by atoms with E-state index in [1.165, 1.54) is 54.1 Å². The molecular weight excluding hydrogens is 282 g/mol. The molecule has 1 saturated heterocycles. The number of rotatable bonds is 3. The maximum Gasteiger partial charge on any atom is 0.133 e. The lowest BCUT2D eigenvalue weighted by Crippen LogP contribution is -2.22. The number of hydrogen-bond acceptors (Lipinski definition) is 5. The van der Waals surface area contributed by atoms with Crippen LogP contribution < -0.4 is 0 Å². The standard InChI is InChI=1S/C16H21N3OS/c1-11-9-13(18-20-11)14-6-4-8-19(14)10-16-17-12-5-2-3-7-15(12)21-16/h9,14H,2-8,10H2,1H3/t14-/m1/s1. The predicted molar refractivity (Wildman–Crippen MR) is 82.4 cm³/mol. The lowest BCUT2D eigenvalue weighted by molar-refractivity contribution is 0.236. The molecule has 0 N–H and O–H groups in total. The van der Waals surface area contributed by atoms with Crippen molar-refractivity contribution >= 4 is 11.3 Å². The van der Waals surface area contributed by atoms with Gasteiger partial charge in [0.25, 0.3) is 0 Å². The van der Waals surface area contributed by atoms with Crippen LogP contribution in [0.25, 0.3) is 0 Å². The molecule has 1 aliphatic heterocycles. The van der Waals surface area contributed by atoms with Crippen LogP contribution in [0.4, 0.5) is 0 Å². The zero-order valence-corrected chi connectivity index (χ0v) is 13.3. The molecule has 0 radical (unpaired) electrons. The highest BCUT2D eigenvalue weighted by Gasteiger charge is 2.29. The molecule has 3 heterocycles. The van der Waals surface area contributed by atoms with Gasteiger partial charge in [0.2, 0.25) is 0 Å². The molecule has 0 bridgehead atoms. The average molecular weight is 303 g/mol. The molecule has 4 rings (SSSR count). The summed E-state index contributed by atoms with van der Waals surface area (Å²) in [5.41, 5.74) is 2.46. The Morgan fingerprint density at radius 3 is 3.05 bits per heavy atom. The predicted octanol–water partition coefficient (Wildman–Crippen LogP) is 3.66. The summed E-state index contributed by atoms with van der Waals surface area (Å²) < 4.78 is 5.25. The molecule has 112 valence electrons. The van der Waals surface area contributed by atoms with Crippen LogP contribution in [0.3, 0.4) is 0 Å². The number of likely N-dealkylation sites (tertiary alicyclic amines) is 1. The van der Waals surface area contributed by atoms with Gasteiger partial charge in [-0.2, -0.15) is 0 Å². The molecule has 1 aliphatic carbocycles. The minimum absolute atomic E-state index is 0.406. The van der Waals surface area contributed by atoms with Crippen molar-refractivity contribution in [3.05, 3.63) is 33.1 Å². The first-order chi connectivity index (χ1) is 10.3. The summed E-state index contributed by atoms with van der Waals surface area (Å²) in [6.45, 7) is 4.07. The van der Waals surface area contributed by atoms with Crippen LogP contribution in [0, 0.1) is 6.92 Å². The van der Waals surface area contributed by atoms with Crippen LogP contribution in [0.1, 0.15) is 58.8 Å². The third-order valence-corrected chi connectivity index (χ3v) is 5.72. The second-order valence-electron chi connectivity index (χ2n) is 6.18. The van der Waals surface area contributed by atoms with Gasteiger partial charge in [0.15, 0.2) is 0 Å². The van der Waals surface area contributed by atoms with Crippen molar-refractivity contribution in [3.8, 4) is 0 Å². The number of thiazole rings is 1. The van der Waals surface area contributed by atoms with Gasteiger partial charge < -0.3 is 4.52 Å². The molecular formula is C16H21N3OS. The van der Waals surface area contributed by atoms with Crippen molar-refractivity contribution in [1.82, 2.24) is 15.0 Å². The Balaban J connectivity index is 1.51. The van der Waals surface area contributed by atoms with Crippen LogP contribution in [-0.4, -0.2) is 21.6 Å². The van der Waals surface area contributed by atoms with E-state index in [-0.39, 0.29) is 0 Å². The highest BCUT2D eigenvalue weighted by molar-refractivity contribution is 7.11. The number of hydrogen-bond donors (Lipinski definition) is 0. The second-order valence-corrected chi connectivity index (χ2v) is 7.34. The smallest absolute Gasteiger partial charge is 0.133 e. The van der Waals surface area contributed by atoms with E-state index < -0.39 is 0 Å². The fraction of sp³-hybridized carbons (Fsp3) is 0.625. The molecule has 1 fully saturated rings. The normalized spacial score (nSPS) is 22.6. The van der Waals surface area contributed by atoms with Gasteiger partial charge >= 0.3 is 0 Å². The van der Waals surface area contributed by atoms with E-state index in [2.05, 4.69) is 16.1 Å². The molecule has 0 unspecified atom stereocenters. The largest absolute Gasteiger partial charge is 0.361 e. The van der Waals surface area contributed by atoms with Gasteiger partial charge in [0, 0.05) is 10.9 Å². The molecule has 2 aliphatic rings. The van der Waals surface area contributed by atoms with Crippen molar-refractivity contribution in [2.45, 2.75) is 58.0 Å². The van der Waals surface area contributed by atoms with Gasteiger partial charge in [0.1, 0.15) is 16.5 Å². The van der Waals surface area contributed by atoms with E-state index in [0.717, 1.165) is 24.5 Å². The Kier molecular flexibility index (Phi) is 3.55. The summed E-state index contributed by atoms with van der Waals surface area (Å²) >= 11 is 1.93. The summed E-state index contributed by atoms with van der Waals surface area (Å²) in [6.07, 6.45) is 7.47. The number of fused-ring (bicyclic) bond motifs is 1. The topological polar surface area (TPSA) is 42.2 Å². The zero-order chi connectivity index (χ0) is 14.2. The van der Waals surface area contributed by atoms with Gasteiger partial charge in [-0.15, -0.1) is 11.3 Å². The first kappa shape index (κ1) is 13.5.